The van der Waals surface area contributed by atoms with Crippen molar-refractivity contribution in [1.82, 2.24) is 30.2 Å². The number of methoxy groups -OCH3 is 2. The van der Waals surface area contributed by atoms with E-state index < -0.39 is 95.7 Å². The number of fused-ring (bicyclic) bond motifs is 19. The number of Topliss-reactive ketones (excluding diaryl/α,β-unsaturated/α-hetero) is 2. The number of ether oxygens (including phenoxy) is 6. The van der Waals surface area contributed by atoms with Crippen LogP contribution >= 0.6 is 23.5 Å². The number of nitrogens with zero attached hydrogens (tertiary/aromatic N) is 6. The van der Waals surface area contributed by atoms with Crippen molar-refractivity contribution in [2.45, 2.75) is 204 Å². The lowest BCUT2D eigenvalue weighted by Crippen LogP contribution is -2.70. The Kier molecular flexibility index (Phi) is 25.4. The molecule has 6 aliphatic heterocycles. The molecule has 650 valence electrons. The van der Waals surface area contributed by atoms with Crippen LogP contribution in [-0.2, 0) is 57.4 Å². The van der Waals surface area contributed by atoms with Crippen LogP contribution in [0.1, 0.15) is 170 Å². The maximum Gasteiger partial charge on any atom is 0.408 e. The van der Waals surface area contributed by atoms with Crippen LogP contribution in [0.4, 0.5) is 9.59 Å². The lowest BCUT2D eigenvalue weighted by Gasteiger charge is -2.60. The number of benzene rings is 7. The van der Waals surface area contributed by atoms with E-state index in [1.165, 1.54) is 82.3 Å². The van der Waals surface area contributed by atoms with Gasteiger partial charge in [0.25, 0.3) is 0 Å². The summed E-state index contributed by atoms with van der Waals surface area (Å²) in [6.45, 7) is 20.3. The van der Waals surface area contributed by atoms with Gasteiger partial charge in [-0.25, -0.2) is 19.2 Å². The van der Waals surface area contributed by atoms with Gasteiger partial charge in [-0.15, -0.1) is 0 Å². The molecule has 6 N–H and O–H groups in total. The summed E-state index contributed by atoms with van der Waals surface area (Å²) in [6.07, 6.45) is -0.275. The molecule has 124 heavy (non-hydrogen) atoms. The topological polar surface area (TPSA) is 357 Å². The monoisotopic (exact) mass is 1720 g/mol. The van der Waals surface area contributed by atoms with E-state index >= 15 is 0 Å². The molecule has 7 aromatic carbocycles. The normalized spacial score (nSPS) is 22.7. The molecular weight excluding hydrogens is 1620 g/mol. The summed E-state index contributed by atoms with van der Waals surface area (Å²) in [4.78, 5) is 106. The van der Waals surface area contributed by atoms with Crippen LogP contribution < -0.4 is 20.1 Å². The maximum atomic E-state index is 14.4. The molecule has 2 fully saturated rings. The van der Waals surface area contributed by atoms with Gasteiger partial charge in [-0.3, -0.25) is 29.2 Å². The summed E-state index contributed by atoms with van der Waals surface area (Å²) in [6, 6.07) is 34.0. The Morgan fingerprint density at radius 1 is 0.508 bits per heavy atom. The highest BCUT2D eigenvalue weighted by molar-refractivity contribution is 7.99. The molecule has 0 aromatic heterocycles. The van der Waals surface area contributed by atoms with E-state index in [1.54, 1.807) is 69.2 Å². The zero-order valence-electron chi connectivity index (χ0n) is 72.6. The van der Waals surface area contributed by atoms with Crippen LogP contribution in [0, 0.1) is 60.3 Å². The molecule has 6 heterocycles. The first-order chi connectivity index (χ1) is 59.1. The van der Waals surface area contributed by atoms with Gasteiger partial charge >= 0.3 is 24.1 Å². The van der Waals surface area contributed by atoms with E-state index in [0.29, 0.717) is 85.9 Å². The van der Waals surface area contributed by atoms with Crippen LogP contribution in [0.15, 0.2) is 131 Å². The number of ketones is 2. The van der Waals surface area contributed by atoms with E-state index in [1.807, 2.05) is 98.4 Å². The highest BCUT2D eigenvalue weighted by Crippen LogP contribution is 2.59. The second-order valence-electron chi connectivity index (χ2n) is 35.5. The third-order valence-corrected chi connectivity index (χ3v) is 28.5. The number of carbonyl (C=O) groups is 6. The lowest BCUT2D eigenvalue weighted by atomic mass is 9.69. The van der Waals surface area contributed by atoms with Crippen LogP contribution in [0.2, 0.25) is 0 Å². The molecule has 26 nitrogen and oxygen atoms in total. The number of likely N-dealkylation sites (N-methyl/N-ethyl adjacent to an activating group) is 2. The Hall–Kier alpha value is -11.2. The van der Waals surface area contributed by atoms with E-state index in [4.69, 9.17) is 38.4 Å². The third-order valence-electron chi connectivity index (χ3n) is 26.3. The number of nitrogens with one attached hydrogen (secondary N) is 2. The Morgan fingerprint density at radius 2 is 0.879 bits per heavy atom. The molecule has 16 rings (SSSR count). The van der Waals surface area contributed by atoms with Gasteiger partial charge < -0.3 is 59.5 Å². The number of aryl methyl sites for hydroxylation is 2. The fraction of sp³-hybridized carbons (Fsp3) is 0.438. The van der Waals surface area contributed by atoms with Crippen LogP contribution in [0.5, 0.6) is 34.5 Å². The smallest absolute Gasteiger partial charge is 0.408 e. The number of hydrogen-bond donors (Lipinski definition) is 6. The summed E-state index contributed by atoms with van der Waals surface area (Å²) >= 11 is 3.04. The van der Waals surface area contributed by atoms with Gasteiger partial charge in [-0.1, -0.05) is 109 Å². The number of nitriles is 2. The average Bonchev–Trinajstić information content (AvgIpc) is 1.02. The highest BCUT2D eigenvalue weighted by atomic mass is 32.2. The van der Waals surface area contributed by atoms with Gasteiger partial charge in [-0.05, 0) is 201 Å². The van der Waals surface area contributed by atoms with Crippen LogP contribution in [0.25, 0.3) is 22.3 Å². The number of esters is 2. The molecule has 4 bridgehead atoms. The number of piperazine rings is 2. The number of rotatable bonds is 18. The zero-order chi connectivity index (χ0) is 89.3. The molecule has 0 unspecified atom stereocenters. The average molecular weight is 1720 g/mol. The van der Waals surface area contributed by atoms with Crippen molar-refractivity contribution in [3.8, 4) is 68.9 Å². The third kappa shape index (κ3) is 16.0. The van der Waals surface area contributed by atoms with Crippen molar-refractivity contribution in [2.24, 2.45) is 0 Å². The molecular formula is C96H106N8O18S2. The number of amides is 2. The number of carbonyl (C=O) groups excluding carboxylic acids is 6. The molecule has 28 heteroatoms. The second-order valence-corrected chi connectivity index (χ2v) is 37.7. The number of phenols is 4. The molecule has 7 aromatic rings. The first kappa shape index (κ1) is 89.1. The molecule has 2 amide bonds. The zero-order valence-corrected chi connectivity index (χ0v) is 74.2. The molecule has 3 aliphatic carbocycles. The van der Waals surface area contributed by atoms with Gasteiger partial charge in [0.1, 0.15) is 60.1 Å². The Morgan fingerprint density at radius 3 is 1.27 bits per heavy atom. The predicted molar refractivity (Wildman–Crippen MR) is 471 cm³/mol. The van der Waals surface area contributed by atoms with E-state index in [0.717, 1.165) is 22.3 Å². The molecule has 9 aliphatic rings. The van der Waals surface area contributed by atoms with E-state index in [-0.39, 0.29) is 102 Å². The van der Waals surface area contributed by atoms with Crippen molar-refractivity contribution >= 4 is 59.2 Å². The number of phenolic OH excluding ortho intramolecular Hbond substituents is 4. The molecule has 0 saturated carbocycles. The van der Waals surface area contributed by atoms with Gasteiger partial charge in [0.15, 0.2) is 34.6 Å². The van der Waals surface area contributed by atoms with Gasteiger partial charge in [0, 0.05) is 113 Å². The molecule has 0 radical (unpaired) electrons. The van der Waals surface area contributed by atoms with E-state index in [9.17, 15) is 59.7 Å². The van der Waals surface area contributed by atoms with Crippen molar-refractivity contribution in [3.05, 3.63) is 219 Å². The van der Waals surface area contributed by atoms with Crippen molar-refractivity contribution in [3.63, 3.8) is 0 Å². The fourth-order valence-electron chi connectivity index (χ4n) is 20.6. The number of thioether (sulfide) groups is 2. The highest BCUT2D eigenvalue weighted by Gasteiger charge is 2.60. The minimum atomic E-state index is -1.13. The van der Waals surface area contributed by atoms with E-state index in [2.05, 4.69) is 81.1 Å². The first-order valence-corrected chi connectivity index (χ1v) is 44.0. The summed E-state index contributed by atoms with van der Waals surface area (Å²) in [5.74, 6) is 0.478. The summed E-state index contributed by atoms with van der Waals surface area (Å²) in [7, 11) is 6.89. The number of aromatic hydroxyl groups is 4. The standard InChI is InChI=1S/C48H54N4O8S.C48H52N4O8S.O2/c2*1-24-17-27-18-35-37(20-49)52-36(41(51(35)7)39(27)44(55)45(24)58-8)19-32-40(43(54)26(3)25(2)42(32)53)38(52)21-59-46(56)34(50-47(57)60-48(4,5)6)23-61-22-33-30-15-11-9-13-28(30)29-14-10-12-16-31(29)33;1-2/h9-17,33-38,41,53-55H,18-19,21-23H2,1-8H3,(H,50,57);9-17,33-38,41,55H,18-19,21-23H2,1-8H3,(H,50,57);/t2*34-,35+,36+,37+,38+,41+;/m11./s1. The molecule has 0 spiro atoms. The Labute approximate surface area is 730 Å². The molecule has 12 atom stereocenters. The second kappa shape index (κ2) is 35.4. The summed E-state index contributed by atoms with van der Waals surface area (Å²) in [5.41, 5.74) is 15.7. The number of allylic oxidation sites excluding steroid dienone is 2. The maximum absolute atomic E-state index is 14.4. The number of alkyl carbamates (subject to hydrolysis) is 2. The van der Waals surface area contributed by atoms with Gasteiger partial charge in [-0.2, -0.15) is 34.0 Å². The predicted octanol–water partition coefficient (Wildman–Crippen LogP) is 14.3. The van der Waals surface area contributed by atoms with Crippen LogP contribution in [-0.4, -0.2) is 206 Å². The largest absolute Gasteiger partial charge is 0.507 e. The van der Waals surface area contributed by atoms with Crippen molar-refractivity contribution in [2.75, 3.05) is 64.5 Å². The van der Waals surface area contributed by atoms with Crippen molar-refractivity contribution in [1.29, 1.82) is 10.5 Å². The van der Waals surface area contributed by atoms with Gasteiger partial charge in [0.2, 0.25) is 0 Å². The van der Waals surface area contributed by atoms with Gasteiger partial charge in [0.05, 0.1) is 50.5 Å². The quantitative estimate of drug-likeness (QED) is 0.0201. The number of hydrogen-bond acceptors (Lipinski definition) is 26. The Balaban J connectivity index is 0.000000198. The summed E-state index contributed by atoms with van der Waals surface area (Å²) < 4.78 is 34.9. The minimum absolute atomic E-state index is 0.00187. The first-order valence-electron chi connectivity index (χ1n) is 41.7. The lowest BCUT2D eigenvalue weighted by molar-refractivity contribution is -0.151. The SMILES string of the molecule is COc1c(C)cc2c(c1O)[C@@H]1[C@@H]3CC4=C(C(=O)C(C)=C(C)C4=O)[C@H](COC(=O)[C@@H](CSCC4c5ccccc5-c5ccccc54)NC(=O)OC(C)(C)C)N3[C@@H](C#N)[C@H](C2)N1C.COc1c(C)cc2c(c1O)[C@@H]1[C@@H]3Cc4c(O)c(C)c(C)c(O)c4[C@H](COC(=O)[C@@H](CSCC4c5ccccc5-c5ccccc54)NC(=O)OC(C)(C)C)N3[C@@H](C#N)[C@H](C2)N1C.O=O. The van der Waals surface area contributed by atoms with Crippen LogP contribution in [0.3, 0.4) is 0 Å². The minimum Gasteiger partial charge on any atom is -0.507 e. The van der Waals surface area contributed by atoms with Crippen molar-refractivity contribution < 1.29 is 77.6 Å². The molecule has 2 saturated heterocycles. The fourth-order valence-corrected chi connectivity index (χ4v) is 23.0. The summed E-state index contributed by atoms with van der Waals surface area (Å²) in [5, 5.41) is 74.6. The Bertz CT molecular complexity index is 5530.